The Morgan fingerprint density at radius 2 is 1.85 bits per heavy atom. The summed E-state index contributed by atoms with van der Waals surface area (Å²) in [5.74, 6) is -0.713. The first kappa shape index (κ1) is 20.9. The Balaban J connectivity index is 0.00000126. The molecule has 2 amide bonds. The standard InChI is InChI=1S/C19H24N2O4.C2H6/c1-12(2)16(18(23)20-10-6-9-15(20)19(24)25-3)21-11-13-7-4-5-8-14(13)17(21)22;1-2/h4-5,7-8,12,15-16H,6,9-11H2,1-3H3;1-2H3. The lowest BCUT2D eigenvalue weighted by Crippen LogP contribution is -2.54. The number of esters is 1. The molecule has 0 bridgehead atoms. The molecule has 2 heterocycles. The van der Waals surface area contributed by atoms with Crippen molar-refractivity contribution < 1.29 is 19.1 Å². The number of carbonyl (C=O) groups excluding carboxylic acids is 3. The van der Waals surface area contributed by atoms with E-state index in [2.05, 4.69) is 0 Å². The van der Waals surface area contributed by atoms with Crippen LogP contribution in [0.5, 0.6) is 0 Å². The number of hydrogen-bond donors (Lipinski definition) is 0. The number of likely N-dealkylation sites (tertiary alicyclic amines) is 1. The van der Waals surface area contributed by atoms with Crippen LogP contribution in [0.25, 0.3) is 0 Å². The average molecular weight is 374 g/mol. The molecule has 6 heteroatoms. The highest BCUT2D eigenvalue weighted by Gasteiger charge is 2.43. The molecule has 2 unspecified atom stereocenters. The smallest absolute Gasteiger partial charge is 0.328 e. The molecular formula is C21H30N2O4. The number of carbonyl (C=O) groups is 3. The minimum absolute atomic E-state index is 0.0512. The zero-order valence-electron chi connectivity index (χ0n) is 16.9. The van der Waals surface area contributed by atoms with E-state index in [4.69, 9.17) is 4.74 Å². The van der Waals surface area contributed by atoms with Gasteiger partial charge in [-0.25, -0.2) is 4.79 Å². The van der Waals surface area contributed by atoms with Crippen molar-refractivity contribution in [3.8, 4) is 0 Å². The molecule has 3 rings (SSSR count). The molecule has 0 aromatic heterocycles. The first-order chi connectivity index (χ1) is 13.0. The fraction of sp³-hybridized carbons (Fsp3) is 0.571. The first-order valence-corrected chi connectivity index (χ1v) is 9.73. The van der Waals surface area contributed by atoms with Crippen LogP contribution in [0.3, 0.4) is 0 Å². The van der Waals surface area contributed by atoms with Crippen LogP contribution in [-0.2, 0) is 20.9 Å². The van der Waals surface area contributed by atoms with Gasteiger partial charge >= 0.3 is 5.97 Å². The number of methoxy groups -OCH3 is 1. The van der Waals surface area contributed by atoms with Crippen LogP contribution < -0.4 is 0 Å². The number of rotatable bonds is 4. The molecule has 27 heavy (non-hydrogen) atoms. The SMILES string of the molecule is CC.COC(=O)C1CCCN1C(=O)C(C(C)C)N1Cc2ccccc2C1=O. The lowest BCUT2D eigenvalue weighted by molar-refractivity contribution is -0.153. The van der Waals surface area contributed by atoms with Crippen molar-refractivity contribution in [2.75, 3.05) is 13.7 Å². The molecule has 2 aliphatic rings. The van der Waals surface area contributed by atoms with E-state index in [0.717, 1.165) is 12.0 Å². The molecule has 1 aromatic carbocycles. The molecule has 0 spiro atoms. The van der Waals surface area contributed by atoms with Gasteiger partial charge in [-0.1, -0.05) is 45.9 Å². The second-order valence-electron chi connectivity index (χ2n) is 6.99. The van der Waals surface area contributed by atoms with Crippen molar-refractivity contribution in [2.45, 2.75) is 59.2 Å². The van der Waals surface area contributed by atoms with Crippen molar-refractivity contribution in [2.24, 2.45) is 5.92 Å². The maximum atomic E-state index is 13.2. The highest BCUT2D eigenvalue weighted by Crippen LogP contribution is 2.30. The van der Waals surface area contributed by atoms with Gasteiger partial charge in [-0.05, 0) is 30.4 Å². The predicted octanol–water partition coefficient (Wildman–Crippen LogP) is 2.86. The van der Waals surface area contributed by atoms with Crippen molar-refractivity contribution in [1.29, 1.82) is 0 Å². The zero-order chi connectivity index (χ0) is 20.1. The molecular weight excluding hydrogens is 344 g/mol. The summed E-state index contributed by atoms with van der Waals surface area (Å²) >= 11 is 0. The van der Waals surface area contributed by atoms with Crippen LogP contribution in [0.15, 0.2) is 24.3 Å². The first-order valence-electron chi connectivity index (χ1n) is 9.73. The molecule has 0 saturated carbocycles. The highest BCUT2D eigenvalue weighted by molar-refractivity contribution is 6.01. The normalized spacial score (nSPS) is 19.5. The Kier molecular flexibility index (Phi) is 6.99. The molecule has 0 radical (unpaired) electrons. The van der Waals surface area contributed by atoms with Crippen LogP contribution in [0.1, 0.15) is 56.5 Å². The Morgan fingerprint density at radius 1 is 1.19 bits per heavy atom. The number of fused-ring (bicyclic) bond motifs is 1. The van der Waals surface area contributed by atoms with Crippen LogP contribution in [0.2, 0.25) is 0 Å². The largest absolute Gasteiger partial charge is 0.467 e. The van der Waals surface area contributed by atoms with Crippen LogP contribution in [0, 0.1) is 5.92 Å². The third kappa shape index (κ3) is 3.99. The third-order valence-electron chi connectivity index (χ3n) is 5.08. The molecule has 148 valence electrons. The highest BCUT2D eigenvalue weighted by atomic mass is 16.5. The summed E-state index contributed by atoms with van der Waals surface area (Å²) < 4.78 is 4.84. The second kappa shape index (κ2) is 9.02. The van der Waals surface area contributed by atoms with Crippen molar-refractivity contribution in [3.63, 3.8) is 0 Å². The molecule has 2 atom stereocenters. The summed E-state index contributed by atoms with van der Waals surface area (Å²) in [5, 5.41) is 0. The fourth-order valence-electron chi connectivity index (χ4n) is 3.86. The second-order valence-corrected chi connectivity index (χ2v) is 6.99. The zero-order valence-corrected chi connectivity index (χ0v) is 16.9. The number of hydrogen-bond acceptors (Lipinski definition) is 4. The van der Waals surface area contributed by atoms with E-state index in [1.165, 1.54) is 7.11 Å². The number of nitrogens with zero attached hydrogens (tertiary/aromatic N) is 2. The molecule has 1 aromatic rings. The molecule has 0 N–H and O–H groups in total. The Bertz CT molecular complexity index is 701. The predicted molar refractivity (Wildman–Crippen MR) is 103 cm³/mol. The summed E-state index contributed by atoms with van der Waals surface area (Å²) in [6.07, 6.45) is 1.38. The van der Waals surface area contributed by atoms with Gasteiger partial charge in [0.25, 0.3) is 5.91 Å². The van der Waals surface area contributed by atoms with E-state index < -0.39 is 12.1 Å². The Hall–Kier alpha value is -2.37. The van der Waals surface area contributed by atoms with E-state index in [1.54, 1.807) is 15.9 Å². The van der Waals surface area contributed by atoms with Gasteiger partial charge in [0.2, 0.25) is 5.91 Å². The van der Waals surface area contributed by atoms with E-state index in [1.807, 2.05) is 45.9 Å². The van der Waals surface area contributed by atoms with Gasteiger partial charge in [0, 0.05) is 18.7 Å². The van der Waals surface area contributed by atoms with Gasteiger partial charge in [-0.3, -0.25) is 9.59 Å². The van der Waals surface area contributed by atoms with Crippen LogP contribution >= 0.6 is 0 Å². The maximum Gasteiger partial charge on any atom is 0.328 e. The monoisotopic (exact) mass is 374 g/mol. The summed E-state index contributed by atoms with van der Waals surface area (Å²) in [7, 11) is 1.34. The number of benzene rings is 1. The summed E-state index contributed by atoms with van der Waals surface area (Å²) in [6.45, 7) is 8.82. The van der Waals surface area contributed by atoms with Gasteiger partial charge in [0.15, 0.2) is 0 Å². The van der Waals surface area contributed by atoms with Gasteiger partial charge < -0.3 is 14.5 Å². The quantitative estimate of drug-likeness (QED) is 0.760. The number of amides is 2. The van der Waals surface area contributed by atoms with Gasteiger partial charge in [-0.15, -0.1) is 0 Å². The van der Waals surface area contributed by atoms with Crippen LogP contribution in [0.4, 0.5) is 0 Å². The molecule has 0 aliphatic carbocycles. The maximum absolute atomic E-state index is 13.2. The number of ether oxygens (including phenoxy) is 1. The Labute approximate surface area is 161 Å². The summed E-state index contributed by atoms with van der Waals surface area (Å²) in [6, 6.07) is 6.33. The molecule has 2 aliphatic heterocycles. The average Bonchev–Trinajstić information content (AvgIpc) is 3.29. The van der Waals surface area contributed by atoms with E-state index in [9.17, 15) is 14.4 Å². The Morgan fingerprint density at radius 3 is 2.44 bits per heavy atom. The summed E-state index contributed by atoms with van der Waals surface area (Å²) in [5.41, 5.74) is 1.60. The van der Waals surface area contributed by atoms with Gasteiger partial charge in [0.1, 0.15) is 12.1 Å². The summed E-state index contributed by atoms with van der Waals surface area (Å²) in [4.78, 5) is 41.2. The van der Waals surface area contributed by atoms with Crippen molar-refractivity contribution >= 4 is 17.8 Å². The van der Waals surface area contributed by atoms with Gasteiger partial charge in [0.05, 0.1) is 7.11 Å². The van der Waals surface area contributed by atoms with Crippen molar-refractivity contribution in [1.82, 2.24) is 9.80 Å². The minimum Gasteiger partial charge on any atom is -0.467 e. The lowest BCUT2D eigenvalue weighted by atomic mass is 10.0. The molecule has 1 fully saturated rings. The van der Waals surface area contributed by atoms with E-state index in [0.29, 0.717) is 25.1 Å². The molecule has 1 saturated heterocycles. The third-order valence-corrected chi connectivity index (χ3v) is 5.08. The molecule has 6 nitrogen and oxygen atoms in total. The van der Waals surface area contributed by atoms with Crippen molar-refractivity contribution in [3.05, 3.63) is 35.4 Å². The van der Waals surface area contributed by atoms with Gasteiger partial charge in [-0.2, -0.15) is 0 Å². The van der Waals surface area contributed by atoms with Crippen LogP contribution in [-0.4, -0.2) is 53.3 Å². The lowest BCUT2D eigenvalue weighted by Gasteiger charge is -2.34. The van der Waals surface area contributed by atoms with E-state index >= 15 is 0 Å². The topological polar surface area (TPSA) is 66.9 Å². The van der Waals surface area contributed by atoms with E-state index in [-0.39, 0.29) is 23.7 Å². The fourth-order valence-corrected chi connectivity index (χ4v) is 3.86. The minimum atomic E-state index is -0.579.